The van der Waals surface area contributed by atoms with Gasteiger partial charge in [-0.15, -0.1) is 0 Å². The summed E-state index contributed by atoms with van der Waals surface area (Å²) >= 11 is 0. The number of nitrogens with zero attached hydrogens (tertiary/aromatic N) is 2. The molecular weight excluding hydrogens is 222 g/mol. The van der Waals surface area contributed by atoms with Crippen LogP contribution in [0.4, 0.5) is 0 Å². The second-order valence-corrected chi connectivity index (χ2v) is 5.50. The predicted octanol–water partition coefficient (Wildman–Crippen LogP) is 2.78. The van der Waals surface area contributed by atoms with Crippen LogP contribution in [0.2, 0.25) is 0 Å². The molecule has 1 saturated carbocycles. The van der Waals surface area contributed by atoms with E-state index in [1.54, 1.807) is 0 Å². The molecule has 0 atom stereocenters. The number of nitrogens with one attached hydrogen (secondary N) is 1. The highest BCUT2D eigenvalue weighted by Gasteiger charge is 2.34. The van der Waals surface area contributed by atoms with E-state index in [0.717, 1.165) is 44.9 Å². The van der Waals surface area contributed by atoms with Gasteiger partial charge in [-0.1, -0.05) is 27.2 Å². The van der Waals surface area contributed by atoms with Crippen molar-refractivity contribution >= 4 is 0 Å². The lowest BCUT2D eigenvalue weighted by atomic mass is 9.76. The van der Waals surface area contributed by atoms with Crippen molar-refractivity contribution < 1.29 is 0 Å². The molecule has 0 amide bonds. The average Bonchev–Trinajstić information content (AvgIpc) is 2.44. The van der Waals surface area contributed by atoms with Gasteiger partial charge < -0.3 is 4.90 Å². The van der Waals surface area contributed by atoms with Gasteiger partial charge in [0.25, 0.3) is 0 Å². The van der Waals surface area contributed by atoms with Crippen molar-refractivity contribution in [2.75, 3.05) is 26.2 Å². The molecule has 0 aliphatic heterocycles. The van der Waals surface area contributed by atoms with Gasteiger partial charge >= 0.3 is 0 Å². The summed E-state index contributed by atoms with van der Waals surface area (Å²) in [6.07, 6.45) is 5.74. The molecule has 0 heterocycles. The van der Waals surface area contributed by atoms with E-state index in [1.165, 1.54) is 19.3 Å². The van der Waals surface area contributed by atoms with Gasteiger partial charge in [0.1, 0.15) is 5.54 Å². The molecule has 1 fully saturated rings. The maximum Gasteiger partial charge on any atom is 0.106 e. The first-order valence-corrected chi connectivity index (χ1v) is 7.58. The van der Waals surface area contributed by atoms with Crippen LogP contribution in [0.1, 0.15) is 52.9 Å². The van der Waals surface area contributed by atoms with E-state index in [0.29, 0.717) is 0 Å². The molecule has 0 saturated heterocycles. The van der Waals surface area contributed by atoms with Crippen molar-refractivity contribution in [3.05, 3.63) is 0 Å². The molecule has 0 spiro atoms. The Kier molecular flexibility index (Phi) is 6.67. The molecule has 1 aliphatic rings. The Morgan fingerprint density at radius 3 is 2.28 bits per heavy atom. The van der Waals surface area contributed by atoms with Crippen molar-refractivity contribution in [3.63, 3.8) is 0 Å². The van der Waals surface area contributed by atoms with Crippen LogP contribution in [-0.2, 0) is 0 Å². The monoisotopic (exact) mass is 251 g/mol. The summed E-state index contributed by atoms with van der Waals surface area (Å²) in [6, 6.07) is 2.54. The molecule has 104 valence electrons. The third-order valence-electron chi connectivity index (χ3n) is 4.54. The standard InChI is InChI=1S/C15H29N3/c1-4-14-7-9-15(13-16,10-8-14)17-11-12-18(5-2)6-3/h14,17H,4-12H2,1-3H3. The highest BCUT2D eigenvalue weighted by molar-refractivity contribution is 5.09. The van der Waals surface area contributed by atoms with Gasteiger partial charge in [0.2, 0.25) is 0 Å². The molecule has 0 bridgehead atoms. The van der Waals surface area contributed by atoms with Gasteiger partial charge in [-0.2, -0.15) is 5.26 Å². The minimum absolute atomic E-state index is 0.237. The van der Waals surface area contributed by atoms with E-state index in [-0.39, 0.29) is 5.54 Å². The molecule has 3 nitrogen and oxygen atoms in total. The SMILES string of the molecule is CCC1CCC(C#N)(NCCN(CC)CC)CC1. The molecule has 1 aliphatic carbocycles. The van der Waals surface area contributed by atoms with Gasteiger partial charge in [-0.3, -0.25) is 5.32 Å². The van der Waals surface area contributed by atoms with Crippen LogP contribution in [0.15, 0.2) is 0 Å². The first-order valence-electron chi connectivity index (χ1n) is 7.58. The van der Waals surface area contributed by atoms with Gasteiger partial charge in [-0.05, 0) is 44.7 Å². The number of nitriles is 1. The summed E-state index contributed by atoms with van der Waals surface area (Å²) in [5.41, 5.74) is -0.237. The summed E-state index contributed by atoms with van der Waals surface area (Å²) in [6.45, 7) is 10.8. The summed E-state index contributed by atoms with van der Waals surface area (Å²) in [4.78, 5) is 2.40. The van der Waals surface area contributed by atoms with Crippen molar-refractivity contribution in [3.8, 4) is 6.07 Å². The molecular formula is C15H29N3. The summed E-state index contributed by atoms with van der Waals surface area (Å²) in [7, 11) is 0. The van der Waals surface area contributed by atoms with Crippen molar-refractivity contribution in [2.45, 2.75) is 58.4 Å². The van der Waals surface area contributed by atoms with E-state index in [2.05, 4.69) is 37.1 Å². The van der Waals surface area contributed by atoms with E-state index in [4.69, 9.17) is 0 Å². The van der Waals surface area contributed by atoms with Crippen molar-refractivity contribution in [1.82, 2.24) is 10.2 Å². The normalized spacial score (nSPS) is 28.3. The molecule has 18 heavy (non-hydrogen) atoms. The van der Waals surface area contributed by atoms with E-state index in [1.807, 2.05) is 0 Å². The predicted molar refractivity (Wildman–Crippen MR) is 76.4 cm³/mol. The molecule has 1 rings (SSSR count). The fourth-order valence-electron chi connectivity index (χ4n) is 2.90. The Morgan fingerprint density at radius 1 is 1.22 bits per heavy atom. The van der Waals surface area contributed by atoms with Crippen molar-refractivity contribution in [2.24, 2.45) is 5.92 Å². The van der Waals surface area contributed by atoms with Gasteiger partial charge in [0, 0.05) is 13.1 Å². The Hall–Kier alpha value is -0.590. The first kappa shape index (κ1) is 15.5. The quantitative estimate of drug-likeness (QED) is 0.756. The van der Waals surface area contributed by atoms with Crippen LogP contribution >= 0.6 is 0 Å². The van der Waals surface area contributed by atoms with Crippen LogP contribution in [0.25, 0.3) is 0 Å². The Morgan fingerprint density at radius 2 is 1.83 bits per heavy atom. The average molecular weight is 251 g/mol. The summed E-state index contributed by atoms with van der Waals surface area (Å²) in [5.74, 6) is 0.844. The number of hydrogen-bond donors (Lipinski definition) is 1. The van der Waals surface area contributed by atoms with Crippen LogP contribution in [-0.4, -0.2) is 36.6 Å². The van der Waals surface area contributed by atoms with E-state index in [9.17, 15) is 5.26 Å². The first-order chi connectivity index (χ1) is 8.69. The van der Waals surface area contributed by atoms with Crippen LogP contribution in [0.3, 0.4) is 0 Å². The zero-order valence-electron chi connectivity index (χ0n) is 12.3. The zero-order chi connectivity index (χ0) is 13.4. The van der Waals surface area contributed by atoms with E-state index >= 15 is 0 Å². The molecule has 0 aromatic heterocycles. The molecule has 0 aromatic carbocycles. The number of likely N-dealkylation sites (N-methyl/N-ethyl adjacent to an activating group) is 1. The van der Waals surface area contributed by atoms with Gasteiger partial charge in [0.05, 0.1) is 6.07 Å². The van der Waals surface area contributed by atoms with Crippen LogP contribution < -0.4 is 5.32 Å². The maximum atomic E-state index is 9.45. The Bertz CT molecular complexity index is 257. The van der Waals surface area contributed by atoms with Crippen LogP contribution in [0, 0.1) is 17.2 Å². The second-order valence-electron chi connectivity index (χ2n) is 5.50. The minimum atomic E-state index is -0.237. The lowest BCUT2D eigenvalue weighted by Crippen LogP contribution is -2.49. The largest absolute Gasteiger partial charge is 0.303 e. The lowest BCUT2D eigenvalue weighted by molar-refractivity contribution is 0.220. The Labute approximate surface area is 113 Å². The zero-order valence-corrected chi connectivity index (χ0v) is 12.3. The van der Waals surface area contributed by atoms with E-state index < -0.39 is 0 Å². The number of hydrogen-bond acceptors (Lipinski definition) is 3. The lowest BCUT2D eigenvalue weighted by Gasteiger charge is -2.36. The number of rotatable bonds is 7. The minimum Gasteiger partial charge on any atom is -0.303 e. The molecule has 0 radical (unpaired) electrons. The van der Waals surface area contributed by atoms with Gasteiger partial charge in [0.15, 0.2) is 0 Å². The topological polar surface area (TPSA) is 39.1 Å². The molecule has 0 unspecified atom stereocenters. The summed E-state index contributed by atoms with van der Waals surface area (Å²) < 4.78 is 0. The second kappa shape index (κ2) is 7.76. The van der Waals surface area contributed by atoms with Gasteiger partial charge in [-0.25, -0.2) is 0 Å². The molecule has 3 heteroatoms. The molecule has 1 N–H and O–H groups in total. The Balaban J connectivity index is 2.36. The molecule has 0 aromatic rings. The smallest absolute Gasteiger partial charge is 0.106 e. The highest BCUT2D eigenvalue weighted by Crippen LogP contribution is 2.33. The van der Waals surface area contributed by atoms with Crippen LogP contribution in [0.5, 0.6) is 0 Å². The highest BCUT2D eigenvalue weighted by atomic mass is 15.1. The summed E-state index contributed by atoms with van der Waals surface area (Å²) in [5, 5.41) is 13.0. The fourth-order valence-corrected chi connectivity index (χ4v) is 2.90. The van der Waals surface area contributed by atoms with Crippen molar-refractivity contribution in [1.29, 1.82) is 5.26 Å². The third kappa shape index (κ3) is 4.26. The fraction of sp³-hybridized carbons (Fsp3) is 0.933. The maximum absolute atomic E-state index is 9.45. The third-order valence-corrected chi connectivity index (χ3v) is 4.54.